The van der Waals surface area contributed by atoms with E-state index in [4.69, 9.17) is 4.74 Å². The van der Waals surface area contributed by atoms with Crippen LogP contribution in [0.15, 0.2) is 48.5 Å². The molecule has 0 saturated heterocycles. The fourth-order valence-electron chi connectivity index (χ4n) is 4.11. The predicted octanol–water partition coefficient (Wildman–Crippen LogP) is 4.35. The van der Waals surface area contributed by atoms with Crippen LogP contribution in [0.2, 0.25) is 0 Å². The van der Waals surface area contributed by atoms with E-state index in [-0.39, 0.29) is 18.8 Å². The van der Waals surface area contributed by atoms with Crippen molar-refractivity contribution in [2.75, 3.05) is 13.2 Å². The molecule has 0 bridgehead atoms. The molecule has 4 N–H and O–H groups in total. The number of hydrogen-bond acceptors (Lipinski definition) is 6. The van der Waals surface area contributed by atoms with Crippen LogP contribution in [-0.2, 0) is 20.9 Å². The Morgan fingerprint density at radius 3 is 2.31 bits per heavy atom. The quantitative estimate of drug-likeness (QED) is 0.279. The number of phenols is 1. The Labute approximate surface area is 231 Å². The van der Waals surface area contributed by atoms with E-state index in [1.54, 1.807) is 39.8 Å². The number of carbonyl (C=O) groups excluding carboxylic acids is 3. The number of nitrogens with one attached hydrogen (secondary N) is 2. The number of alkyl carbamates (subject to hydrolysis) is 1. The molecule has 2 atom stereocenters. The third-order valence-corrected chi connectivity index (χ3v) is 6.11. The number of phenolic OH excluding ortho intramolecular Hbond substituents is 1. The van der Waals surface area contributed by atoms with E-state index in [9.17, 15) is 24.6 Å². The second-order valence-corrected chi connectivity index (χ2v) is 10.6. The van der Waals surface area contributed by atoms with Crippen LogP contribution >= 0.6 is 0 Å². The molecule has 0 heterocycles. The number of amides is 3. The van der Waals surface area contributed by atoms with Gasteiger partial charge in [-0.2, -0.15) is 0 Å². The number of carbonyl (C=O) groups is 3. The Kier molecular flexibility index (Phi) is 12.3. The maximum Gasteiger partial charge on any atom is 0.408 e. The molecule has 2 rings (SSSR count). The molecule has 0 saturated carbocycles. The van der Waals surface area contributed by atoms with Gasteiger partial charge in [0, 0.05) is 13.1 Å². The lowest BCUT2D eigenvalue weighted by atomic mass is 9.99. The fraction of sp³-hybridized carbons (Fsp3) is 0.500. The standard InChI is InChI=1S/C30H43N3O6/c1-6-7-8-12-17-33(28(37)24(20-34)32-29(38)39-30(3,4)5)26(23-15-16-25(35)21(2)18-23)27(36)31-19-22-13-10-9-11-14-22/h9-11,13-16,18,24,26,34-35H,6-8,12,17,19-20H2,1-5H3,(H,31,36)(H,32,38). The predicted molar refractivity (Wildman–Crippen MR) is 150 cm³/mol. The molecule has 0 radical (unpaired) electrons. The molecule has 9 heteroatoms. The van der Waals surface area contributed by atoms with Gasteiger partial charge < -0.3 is 30.5 Å². The van der Waals surface area contributed by atoms with Crippen LogP contribution in [0.25, 0.3) is 0 Å². The second kappa shape index (κ2) is 15.1. The monoisotopic (exact) mass is 541 g/mol. The number of aryl methyl sites for hydroxylation is 1. The fourth-order valence-corrected chi connectivity index (χ4v) is 4.11. The van der Waals surface area contributed by atoms with Crippen molar-refractivity contribution in [2.45, 2.75) is 84.5 Å². The van der Waals surface area contributed by atoms with Gasteiger partial charge in [-0.1, -0.05) is 62.6 Å². The average Bonchev–Trinajstić information content (AvgIpc) is 2.88. The van der Waals surface area contributed by atoms with Crippen molar-refractivity contribution in [3.63, 3.8) is 0 Å². The topological polar surface area (TPSA) is 128 Å². The smallest absolute Gasteiger partial charge is 0.408 e. The molecule has 2 unspecified atom stereocenters. The van der Waals surface area contributed by atoms with E-state index >= 15 is 0 Å². The molecule has 0 aliphatic rings. The van der Waals surface area contributed by atoms with Gasteiger partial charge in [-0.25, -0.2) is 4.79 Å². The largest absolute Gasteiger partial charge is 0.508 e. The summed E-state index contributed by atoms with van der Waals surface area (Å²) < 4.78 is 5.28. The van der Waals surface area contributed by atoms with Crippen LogP contribution in [0.4, 0.5) is 4.79 Å². The Morgan fingerprint density at radius 1 is 1.03 bits per heavy atom. The number of unbranched alkanes of at least 4 members (excludes halogenated alkanes) is 3. The zero-order valence-electron chi connectivity index (χ0n) is 23.7. The van der Waals surface area contributed by atoms with Crippen LogP contribution in [0.1, 0.15) is 76.1 Å². The highest BCUT2D eigenvalue weighted by molar-refractivity contribution is 5.92. The minimum Gasteiger partial charge on any atom is -0.508 e. The Balaban J connectivity index is 2.44. The number of ether oxygens (including phenoxy) is 1. The van der Waals surface area contributed by atoms with E-state index in [2.05, 4.69) is 17.6 Å². The van der Waals surface area contributed by atoms with Gasteiger partial charge in [0.1, 0.15) is 23.4 Å². The number of hydrogen-bond donors (Lipinski definition) is 4. The molecule has 2 aromatic carbocycles. The van der Waals surface area contributed by atoms with Crippen molar-refractivity contribution in [1.29, 1.82) is 0 Å². The minimum absolute atomic E-state index is 0.0721. The first kappa shape index (κ1) is 31.6. The van der Waals surface area contributed by atoms with Crippen molar-refractivity contribution in [1.82, 2.24) is 15.5 Å². The summed E-state index contributed by atoms with van der Waals surface area (Å²) in [5.74, 6) is -0.949. The van der Waals surface area contributed by atoms with Gasteiger partial charge in [-0.15, -0.1) is 0 Å². The highest BCUT2D eigenvalue weighted by Crippen LogP contribution is 2.28. The van der Waals surface area contributed by atoms with Crippen molar-refractivity contribution in [2.24, 2.45) is 0 Å². The Hall–Kier alpha value is -3.59. The van der Waals surface area contributed by atoms with Gasteiger partial charge in [-0.3, -0.25) is 9.59 Å². The van der Waals surface area contributed by atoms with E-state index < -0.39 is 42.2 Å². The Bertz CT molecular complexity index is 1080. The molecule has 0 aliphatic heterocycles. The third kappa shape index (κ3) is 10.2. The molecule has 0 aromatic heterocycles. The van der Waals surface area contributed by atoms with Gasteiger partial charge in [0.25, 0.3) is 0 Å². The summed E-state index contributed by atoms with van der Waals surface area (Å²) >= 11 is 0. The first-order valence-corrected chi connectivity index (χ1v) is 13.5. The molecule has 3 amide bonds. The molecule has 0 spiro atoms. The second-order valence-electron chi connectivity index (χ2n) is 10.6. The van der Waals surface area contributed by atoms with Crippen molar-refractivity contribution < 1.29 is 29.3 Å². The molecule has 0 fully saturated rings. The van der Waals surface area contributed by atoms with Gasteiger partial charge >= 0.3 is 6.09 Å². The zero-order valence-corrected chi connectivity index (χ0v) is 23.7. The number of rotatable bonds is 13. The van der Waals surface area contributed by atoms with E-state index in [0.29, 0.717) is 17.5 Å². The number of nitrogens with zero attached hydrogens (tertiary/aromatic N) is 1. The summed E-state index contributed by atoms with van der Waals surface area (Å²) in [7, 11) is 0. The van der Waals surface area contributed by atoms with Gasteiger partial charge in [0.15, 0.2) is 0 Å². The van der Waals surface area contributed by atoms with Gasteiger partial charge in [0.05, 0.1) is 6.61 Å². The van der Waals surface area contributed by atoms with E-state index in [1.807, 2.05) is 30.3 Å². The molecule has 214 valence electrons. The first-order chi connectivity index (χ1) is 18.5. The third-order valence-electron chi connectivity index (χ3n) is 6.11. The van der Waals surface area contributed by atoms with E-state index in [1.165, 1.54) is 11.0 Å². The first-order valence-electron chi connectivity index (χ1n) is 13.5. The Morgan fingerprint density at radius 2 is 1.72 bits per heavy atom. The van der Waals surface area contributed by atoms with Crippen molar-refractivity contribution in [3.05, 3.63) is 65.2 Å². The molecule has 2 aromatic rings. The van der Waals surface area contributed by atoms with Crippen LogP contribution < -0.4 is 10.6 Å². The highest BCUT2D eigenvalue weighted by Gasteiger charge is 2.36. The molecular formula is C30H43N3O6. The summed E-state index contributed by atoms with van der Waals surface area (Å²) in [5.41, 5.74) is 1.16. The van der Waals surface area contributed by atoms with Crippen LogP contribution in [-0.4, -0.2) is 57.8 Å². The summed E-state index contributed by atoms with van der Waals surface area (Å²) in [4.78, 5) is 41.4. The number of aliphatic hydroxyl groups is 1. The van der Waals surface area contributed by atoms with Crippen molar-refractivity contribution in [3.8, 4) is 5.75 Å². The molecule has 0 aliphatic carbocycles. The van der Waals surface area contributed by atoms with E-state index in [0.717, 1.165) is 24.8 Å². The average molecular weight is 542 g/mol. The minimum atomic E-state index is -1.31. The number of aliphatic hydroxyl groups excluding tert-OH is 1. The summed E-state index contributed by atoms with van der Waals surface area (Å²) in [6.45, 7) is 8.70. The maximum absolute atomic E-state index is 13.9. The zero-order chi connectivity index (χ0) is 29.0. The van der Waals surface area contributed by atoms with Crippen LogP contribution in [0.5, 0.6) is 5.75 Å². The lowest BCUT2D eigenvalue weighted by molar-refractivity contribution is -0.143. The van der Waals surface area contributed by atoms with Crippen LogP contribution in [0.3, 0.4) is 0 Å². The molecule has 9 nitrogen and oxygen atoms in total. The van der Waals surface area contributed by atoms with Crippen LogP contribution in [0, 0.1) is 6.92 Å². The SMILES string of the molecule is CCCCCCN(C(=O)C(CO)NC(=O)OC(C)(C)C)C(C(=O)NCc1ccccc1)c1ccc(O)c(C)c1. The van der Waals surface area contributed by atoms with Gasteiger partial charge in [0.2, 0.25) is 11.8 Å². The maximum atomic E-state index is 13.9. The molecular weight excluding hydrogens is 498 g/mol. The summed E-state index contributed by atoms with van der Waals surface area (Å²) in [6.07, 6.45) is 2.59. The number of aromatic hydroxyl groups is 1. The van der Waals surface area contributed by atoms with Gasteiger partial charge in [-0.05, 0) is 62.9 Å². The molecule has 39 heavy (non-hydrogen) atoms. The summed E-state index contributed by atoms with van der Waals surface area (Å²) in [6, 6.07) is 11.8. The summed E-state index contributed by atoms with van der Waals surface area (Å²) in [5, 5.41) is 25.6. The highest BCUT2D eigenvalue weighted by atomic mass is 16.6. The normalized spacial score (nSPS) is 12.8. The lowest BCUT2D eigenvalue weighted by Crippen LogP contribution is -2.54. The lowest BCUT2D eigenvalue weighted by Gasteiger charge is -2.34. The van der Waals surface area contributed by atoms with Crippen molar-refractivity contribution >= 4 is 17.9 Å². The number of benzene rings is 2.